The zero-order valence-corrected chi connectivity index (χ0v) is 13.2. The molecule has 102 valence electrons. The number of anilines is 1. The average Bonchev–Trinajstić information content (AvgIpc) is 2.45. The van der Waals surface area contributed by atoms with Crippen LogP contribution in [0.5, 0.6) is 0 Å². The summed E-state index contributed by atoms with van der Waals surface area (Å²) < 4.78 is 0.581. The van der Waals surface area contributed by atoms with Gasteiger partial charge in [-0.3, -0.25) is 10.1 Å². The minimum Gasteiger partial charge on any atom is -0.316 e. The van der Waals surface area contributed by atoms with Gasteiger partial charge in [-0.1, -0.05) is 29.8 Å². The maximum Gasteiger partial charge on any atom is 0.257 e. The first-order valence-corrected chi connectivity index (χ1v) is 7.13. The maximum atomic E-state index is 11.9. The molecule has 0 atom stereocenters. The van der Waals surface area contributed by atoms with Crippen molar-refractivity contribution in [3.8, 4) is 0 Å². The fraction of sp³-hybridized carbons (Fsp3) is 0. The monoisotopic (exact) mass is 369 g/mol. The lowest BCUT2D eigenvalue weighted by Gasteiger charge is -2.10. The lowest BCUT2D eigenvalue weighted by atomic mass is 10.2. The molecule has 0 aliphatic carbocycles. The Kier molecular flexibility index (Phi) is 5.05. The molecule has 0 fully saturated rings. The summed E-state index contributed by atoms with van der Waals surface area (Å²) >= 11 is 14.3. The van der Waals surface area contributed by atoms with Crippen molar-refractivity contribution in [3.05, 3.63) is 57.7 Å². The minimum atomic E-state index is -0.291. The number of pyridine rings is 1. The molecule has 1 amide bonds. The highest BCUT2D eigenvalue weighted by Gasteiger charge is 2.10. The first-order chi connectivity index (χ1) is 9.58. The molecule has 2 aromatic rings. The Morgan fingerprint density at radius 2 is 1.95 bits per heavy atom. The molecule has 2 rings (SSSR count). The topological polar surface area (TPSA) is 54.0 Å². The smallest absolute Gasteiger partial charge is 0.257 e. The number of hydrogen-bond donors (Lipinski definition) is 2. The number of rotatable bonds is 2. The Bertz CT molecular complexity index is 651. The van der Waals surface area contributed by atoms with Crippen LogP contribution in [0.1, 0.15) is 10.4 Å². The van der Waals surface area contributed by atoms with E-state index in [1.54, 1.807) is 30.3 Å². The van der Waals surface area contributed by atoms with Crippen molar-refractivity contribution < 1.29 is 4.79 Å². The molecule has 1 heterocycles. The van der Waals surface area contributed by atoms with Crippen LogP contribution in [0.15, 0.2) is 47.1 Å². The van der Waals surface area contributed by atoms with Crippen molar-refractivity contribution in [2.45, 2.75) is 0 Å². The van der Waals surface area contributed by atoms with Crippen molar-refractivity contribution in [2.24, 2.45) is 0 Å². The van der Waals surface area contributed by atoms with E-state index in [0.29, 0.717) is 20.9 Å². The van der Waals surface area contributed by atoms with Gasteiger partial charge in [0.05, 0.1) is 9.50 Å². The van der Waals surface area contributed by atoms with Crippen LogP contribution in [-0.2, 0) is 0 Å². The second-order valence-corrected chi connectivity index (χ2v) is 5.34. The van der Waals surface area contributed by atoms with Crippen molar-refractivity contribution in [3.63, 3.8) is 0 Å². The summed E-state index contributed by atoms with van der Waals surface area (Å²) in [4.78, 5) is 16.0. The van der Waals surface area contributed by atoms with Gasteiger partial charge in [-0.15, -0.1) is 0 Å². The molecule has 0 unspecified atom stereocenters. The van der Waals surface area contributed by atoms with E-state index in [-0.39, 0.29) is 11.0 Å². The van der Waals surface area contributed by atoms with Gasteiger partial charge in [-0.05, 0) is 46.3 Å². The lowest BCUT2D eigenvalue weighted by molar-refractivity contribution is 0.0978. The number of carbonyl (C=O) groups excluding carboxylic acids is 1. The molecule has 0 aliphatic rings. The third-order valence-corrected chi connectivity index (χ3v) is 3.89. The summed E-state index contributed by atoms with van der Waals surface area (Å²) in [5.74, 6) is 0.150. The van der Waals surface area contributed by atoms with Gasteiger partial charge in [0.25, 0.3) is 5.91 Å². The van der Waals surface area contributed by atoms with Crippen LogP contribution in [0.4, 0.5) is 5.82 Å². The average molecular weight is 371 g/mol. The number of hydrogen-bond acceptors (Lipinski definition) is 3. The molecule has 0 saturated heterocycles. The van der Waals surface area contributed by atoms with Gasteiger partial charge in [0, 0.05) is 11.8 Å². The number of benzene rings is 1. The Morgan fingerprint density at radius 3 is 2.65 bits per heavy atom. The van der Waals surface area contributed by atoms with E-state index in [0.717, 1.165) is 0 Å². The lowest BCUT2D eigenvalue weighted by Crippen LogP contribution is -2.34. The zero-order chi connectivity index (χ0) is 14.5. The van der Waals surface area contributed by atoms with Crippen molar-refractivity contribution in [1.82, 2.24) is 10.3 Å². The van der Waals surface area contributed by atoms with Crippen LogP contribution in [0, 0.1) is 0 Å². The SMILES string of the molecule is O=C(NC(=S)Nc1nccc(Cl)c1Br)c1ccccc1. The fourth-order valence-electron chi connectivity index (χ4n) is 1.41. The van der Waals surface area contributed by atoms with Crippen LogP contribution in [0.3, 0.4) is 0 Å². The van der Waals surface area contributed by atoms with Crippen LogP contribution >= 0.6 is 39.7 Å². The quantitative estimate of drug-likeness (QED) is 0.793. The molecule has 1 aromatic heterocycles. The second-order valence-electron chi connectivity index (χ2n) is 3.73. The van der Waals surface area contributed by atoms with E-state index in [1.165, 1.54) is 6.20 Å². The molecule has 0 bridgehead atoms. The van der Waals surface area contributed by atoms with Gasteiger partial charge in [0.15, 0.2) is 5.11 Å². The van der Waals surface area contributed by atoms with E-state index in [9.17, 15) is 4.79 Å². The summed E-state index contributed by atoms with van der Waals surface area (Å²) in [5, 5.41) is 6.02. The maximum absolute atomic E-state index is 11.9. The molecule has 0 aliphatic heterocycles. The molecule has 20 heavy (non-hydrogen) atoms. The number of amides is 1. The largest absolute Gasteiger partial charge is 0.316 e. The normalized spacial score (nSPS) is 9.90. The highest BCUT2D eigenvalue weighted by Crippen LogP contribution is 2.27. The number of halogens is 2. The van der Waals surface area contributed by atoms with Gasteiger partial charge >= 0.3 is 0 Å². The van der Waals surface area contributed by atoms with E-state index >= 15 is 0 Å². The van der Waals surface area contributed by atoms with E-state index in [4.69, 9.17) is 23.8 Å². The fourth-order valence-corrected chi connectivity index (χ4v) is 2.08. The first kappa shape index (κ1) is 14.9. The van der Waals surface area contributed by atoms with Gasteiger partial charge in [-0.2, -0.15) is 0 Å². The molecule has 2 N–H and O–H groups in total. The van der Waals surface area contributed by atoms with E-state index in [2.05, 4.69) is 31.5 Å². The standard InChI is InChI=1S/C13H9BrClN3OS/c14-10-9(15)6-7-16-11(10)17-13(20)18-12(19)8-4-2-1-3-5-8/h1-7H,(H2,16,17,18,19,20). The predicted octanol–water partition coefficient (Wildman–Crippen LogP) is 3.62. The Balaban J connectivity index is 2.03. The number of nitrogens with one attached hydrogen (secondary N) is 2. The van der Waals surface area contributed by atoms with Crippen LogP contribution < -0.4 is 10.6 Å². The molecule has 1 aromatic carbocycles. The zero-order valence-electron chi connectivity index (χ0n) is 10.1. The molecule has 0 saturated carbocycles. The summed E-state index contributed by atoms with van der Waals surface area (Å²) in [6.07, 6.45) is 1.54. The van der Waals surface area contributed by atoms with Gasteiger partial charge < -0.3 is 5.32 Å². The van der Waals surface area contributed by atoms with Crippen LogP contribution in [0.2, 0.25) is 5.02 Å². The molecule has 4 nitrogen and oxygen atoms in total. The molecular weight excluding hydrogens is 362 g/mol. The summed E-state index contributed by atoms with van der Waals surface area (Å²) in [7, 11) is 0. The van der Waals surface area contributed by atoms with Crippen molar-refractivity contribution in [1.29, 1.82) is 0 Å². The summed E-state index contributed by atoms with van der Waals surface area (Å²) in [5.41, 5.74) is 0.523. The highest BCUT2D eigenvalue weighted by molar-refractivity contribution is 9.10. The molecule has 0 spiro atoms. The molecule has 0 radical (unpaired) electrons. The van der Waals surface area contributed by atoms with Gasteiger partial charge in [0.2, 0.25) is 0 Å². The molecule has 7 heteroatoms. The second kappa shape index (κ2) is 6.78. The van der Waals surface area contributed by atoms with Gasteiger partial charge in [-0.25, -0.2) is 4.98 Å². The third kappa shape index (κ3) is 3.75. The number of thiocarbonyl (C=S) groups is 1. The Morgan fingerprint density at radius 1 is 1.25 bits per heavy atom. The van der Waals surface area contributed by atoms with Crippen molar-refractivity contribution >= 4 is 56.6 Å². The van der Waals surface area contributed by atoms with E-state index < -0.39 is 0 Å². The minimum absolute atomic E-state index is 0.148. The highest BCUT2D eigenvalue weighted by atomic mass is 79.9. The summed E-state index contributed by atoms with van der Waals surface area (Å²) in [6, 6.07) is 10.4. The third-order valence-electron chi connectivity index (χ3n) is 2.34. The number of aromatic nitrogens is 1. The van der Waals surface area contributed by atoms with Crippen molar-refractivity contribution in [2.75, 3.05) is 5.32 Å². The number of nitrogens with zero attached hydrogens (tertiary/aromatic N) is 1. The Labute approximate surface area is 134 Å². The van der Waals surface area contributed by atoms with Gasteiger partial charge in [0.1, 0.15) is 5.82 Å². The predicted molar refractivity (Wildman–Crippen MR) is 87.1 cm³/mol. The van der Waals surface area contributed by atoms with Crippen LogP contribution in [-0.4, -0.2) is 16.0 Å². The van der Waals surface area contributed by atoms with Crippen LogP contribution in [0.25, 0.3) is 0 Å². The Hall–Kier alpha value is -1.50. The summed E-state index contributed by atoms with van der Waals surface area (Å²) in [6.45, 7) is 0. The molecular formula is C13H9BrClN3OS. The first-order valence-electron chi connectivity index (χ1n) is 5.55. The van der Waals surface area contributed by atoms with E-state index in [1.807, 2.05) is 6.07 Å². The number of carbonyl (C=O) groups is 1.